The van der Waals surface area contributed by atoms with Crippen molar-refractivity contribution in [3.05, 3.63) is 32.8 Å². The molecule has 0 atom stereocenters. The van der Waals surface area contributed by atoms with Gasteiger partial charge in [0.1, 0.15) is 0 Å². The molecule has 5 nitrogen and oxygen atoms in total. The van der Waals surface area contributed by atoms with E-state index in [9.17, 15) is 19.8 Å². The van der Waals surface area contributed by atoms with Crippen LogP contribution in [0.15, 0.2) is 12.1 Å². The molecule has 116 valence electrons. The van der Waals surface area contributed by atoms with Gasteiger partial charge in [-0.3, -0.25) is 0 Å². The maximum atomic E-state index is 11.6. The third kappa shape index (κ3) is 3.70. The highest BCUT2D eigenvalue weighted by atomic mass is 35.5. The van der Waals surface area contributed by atoms with Gasteiger partial charge in [-0.25, -0.2) is 9.59 Å². The van der Waals surface area contributed by atoms with E-state index in [0.29, 0.717) is 0 Å². The second-order valence-corrected chi connectivity index (χ2v) is 10.9. The van der Waals surface area contributed by atoms with Gasteiger partial charge in [0.25, 0.3) is 5.60 Å². The molecule has 0 aliphatic carbocycles. The van der Waals surface area contributed by atoms with Crippen LogP contribution < -0.4 is 0 Å². The summed E-state index contributed by atoms with van der Waals surface area (Å²) in [6.07, 6.45) is 0. The fourth-order valence-corrected chi connectivity index (χ4v) is 3.51. The molecular weight excluding hydrogens is 359 g/mol. The van der Waals surface area contributed by atoms with Crippen LogP contribution in [0.4, 0.5) is 0 Å². The highest BCUT2D eigenvalue weighted by molar-refractivity contribution is 6.70. The smallest absolute Gasteiger partial charge is 0.351 e. The summed E-state index contributed by atoms with van der Waals surface area (Å²) in [6.45, 7) is 5.02. The fraction of sp³-hybridized carbons (Fsp3) is 0.333. The van der Waals surface area contributed by atoms with Crippen molar-refractivity contribution in [3.63, 3.8) is 0 Å². The van der Waals surface area contributed by atoms with Gasteiger partial charge in [0.05, 0.1) is 15.1 Å². The van der Waals surface area contributed by atoms with E-state index in [2.05, 4.69) is 0 Å². The lowest BCUT2D eigenvalue weighted by atomic mass is 9.94. The van der Waals surface area contributed by atoms with Crippen LogP contribution in [0, 0.1) is 0 Å². The van der Waals surface area contributed by atoms with E-state index in [1.54, 1.807) is 19.6 Å². The lowest BCUT2D eigenvalue weighted by Gasteiger charge is -2.32. The van der Waals surface area contributed by atoms with Crippen molar-refractivity contribution in [2.75, 3.05) is 0 Å². The zero-order chi connectivity index (χ0) is 16.6. The van der Waals surface area contributed by atoms with Crippen molar-refractivity contribution >= 4 is 55.1 Å². The van der Waals surface area contributed by atoms with Crippen molar-refractivity contribution in [1.82, 2.24) is 0 Å². The largest absolute Gasteiger partial charge is 0.478 e. The lowest BCUT2D eigenvalue weighted by Crippen LogP contribution is -2.52. The minimum Gasteiger partial charge on any atom is -0.478 e. The number of aliphatic carboxylic acids is 2. The van der Waals surface area contributed by atoms with Crippen LogP contribution in [0.5, 0.6) is 0 Å². The first kappa shape index (κ1) is 18.3. The molecule has 9 heteroatoms. The molecule has 1 rings (SSSR count). The number of benzene rings is 1. The summed E-state index contributed by atoms with van der Waals surface area (Å²) in [5.41, 5.74) is -2.77. The van der Waals surface area contributed by atoms with Gasteiger partial charge < -0.3 is 14.6 Å². The van der Waals surface area contributed by atoms with Crippen molar-refractivity contribution in [2.45, 2.75) is 25.2 Å². The van der Waals surface area contributed by atoms with E-state index in [0.717, 1.165) is 12.1 Å². The SMILES string of the molecule is C[Si](C)(C)OC(C(=O)O)(C(=O)O)c1cc(Cl)c(Cl)c(Cl)c1. The Labute approximate surface area is 137 Å². The van der Waals surface area contributed by atoms with Gasteiger partial charge in [-0.15, -0.1) is 0 Å². The number of hydrogen-bond acceptors (Lipinski definition) is 3. The highest BCUT2D eigenvalue weighted by Gasteiger charge is 2.52. The topological polar surface area (TPSA) is 83.8 Å². The predicted molar refractivity (Wildman–Crippen MR) is 82.9 cm³/mol. The molecule has 0 radical (unpaired) electrons. The molecule has 2 N–H and O–H groups in total. The Morgan fingerprint density at radius 3 is 1.71 bits per heavy atom. The molecule has 1 aromatic carbocycles. The van der Waals surface area contributed by atoms with Crippen LogP contribution in [-0.2, 0) is 19.6 Å². The first-order chi connectivity index (χ1) is 9.41. The quantitative estimate of drug-likeness (QED) is 0.466. The molecule has 0 unspecified atom stereocenters. The molecular formula is C12H13Cl3O5Si. The van der Waals surface area contributed by atoms with Crippen LogP contribution >= 0.6 is 34.8 Å². The standard InChI is InChI=1S/C12H13Cl3O5Si/c1-21(2,3)20-12(10(16)17,11(18)19)6-4-7(13)9(15)8(14)5-6/h4-5H,1-3H3,(H,16,17)(H,18,19). The highest BCUT2D eigenvalue weighted by Crippen LogP contribution is 2.38. The normalized spacial score (nSPS) is 12.3. The number of hydrogen-bond donors (Lipinski definition) is 2. The van der Waals surface area contributed by atoms with Gasteiger partial charge in [-0.05, 0) is 31.8 Å². The van der Waals surface area contributed by atoms with Crippen molar-refractivity contribution < 1.29 is 24.2 Å². The maximum absolute atomic E-state index is 11.6. The van der Waals surface area contributed by atoms with E-state index in [4.69, 9.17) is 39.2 Å². The van der Waals surface area contributed by atoms with E-state index in [1.807, 2.05) is 0 Å². The van der Waals surface area contributed by atoms with Gasteiger partial charge >= 0.3 is 11.9 Å². The van der Waals surface area contributed by atoms with E-state index >= 15 is 0 Å². The summed E-state index contributed by atoms with van der Waals surface area (Å²) in [5, 5.41) is 18.8. The van der Waals surface area contributed by atoms with E-state index in [1.165, 1.54) is 0 Å². The van der Waals surface area contributed by atoms with Crippen molar-refractivity contribution in [3.8, 4) is 0 Å². The molecule has 0 spiro atoms. The minimum atomic E-state index is -2.58. The van der Waals surface area contributed by atoms with Crippen molar-refractivity contribution in [2.24, 2.45) is 0 Å². The summed E-state index contributed by atoms with van der Waals surface area (Å²) in [4.78, 5) is 23.3. The number of halogens is 3. The number of carboxylic acids is 2. The molecule has 0 saturated carbocycles. The van der Waals surface area contributed by atoms with Gasteiger partial charge in [-0.2, -0.15) is 0 Å². The summed E-state index contributed by atoms with van der Waals surface area (Å²) in [6, 6.07) is 2.27. The molecule has 0 aromatic heterocycles. The van der Waals surface area contributed by atoms with Crippen LogP contribution in [0.2, 0.25) is 34.7 Å². The molecule has 0 aliphatic heterocycles. The van der Waals surface area contributed by atoms with Crippen LogP contribution in [0.25, 0.3) is 0 Å². The summed E-state index contributed by atoms with van der Waals surface area (Å²) in [5.74, 6) is -3.32. The second-order valence-electron chi connectivity index (χ2n) is 5.26. The molecule has 21 heavy (non-hydrogen) atoms. The fourth-order valence-electron chi connectivity index (χ4n) is 1.70. The summed E-state index contributed by atoms with van der Waals surface area (Å²) >= 11 is 17.5. The zero-order valence-corrected chi connectivity index (χ0v) is 14.7. The minimum absolute atomic E-state index is 0.0137. The summed E-state index contributed by atoms with van der Waals surface area (Å²) < 4.78 is 5.46. The average molecular weight is 372 g/mol. The first-order valence-electron chi connectivity index (χ1n) is 5.74. The van der Waals surface area contributed by atoms with Gasteiger partial charge in [0.2, 0.25) is 0 Å². The molecule has 0 heterocycles. The first-order valence-corrected chi connectivity index (χ1v) is 10.3. The summed E-state index contributed by atoms with van der Waals surface area (Å²) in [7, 11) is -2.53. The Kier molecular flexibility index (Phi) is 5.34. The molecule has 0 fully saturated rings. The van der Waals surface area contributed by atoms with Crippen LogP contribution in [0.1, 0.15) is 5.56 Å². The monoisotopic (exact) mass is 370 g/mol. The van der Waals surface area contributed by atoms with E-state index < -0.39 is 25.9 Å². The second kappa shape index (κ2) is 6.14. The third-order valence-corrected chi connectivity index (χ3v) is 4.57. The number of carbonyl (C=O) groups is 2. The Hall–Kier alpha value is -0.793. The lowest BCUT2D eigenvalue weighted by molar-refractivity contribution is -0.174. The predicted octanol–water partition coefficient (Wildman–Crippen LogP) is 3.86. The molecule has 1 aromatic rings. The van der Waals surface area contributed by atoms with Gasteiger partial charge in [-0.1, -0.05) is 34.8 Å². The maximum Gasteiger partial charge on any atom is 0.351 e. The molecule has 0 bridgehead atoms. The van der Waals surface area contributed by atoms with Gasteiger partial charge in [0.15, 0.2) is 8.32 Å². The van der Waals surface area contributed by atoms with Gasteiger partial charge in [0, 0.05) is 5.56 Å². The Bertz CT molecular complexity index is 560. The Morgan fingerprint density at radius 2 is 1.43 bits per heavy atom. The Morgan fingerprint density at radius 1 is 1.05 bits per heavy atom. The van der Waals surface area contributed by atoms with E-state index in [-0.39, 0.29) is 20.6 Å². The van der Waals surface area contributed by atoms with Crippen molar-refractivity contribution in [1.29, 1.82) is 0 Å². The molecule has 0 amide bonds. The van der Waals surface area contributed by atoms with Crippen LogP contribution in [-0.4, -0.2) is 30.5 Å². The Balaban J connectivity index is 3.65. The van der Waals surface area contributed by atoms with Crippen LogP contribution in [0.3, 0.4) is 0 Å². The zero-order valence-electron chi connectivity index (χ0n) is 11.4. The number of carboxylic acid groups (broad SMARTS) is 2. The third-order valence-electron chi connectivity index (χ3n) is 2.45. The molecule has 0 aliphatic rings. The molecule has 0 saturated heterocycles. The number of rotatable bonds is 5. The average Bonchev–Trinajstić information content (AvgIpc) is 2.30.